The fourth-order valence-electron chi connectivity index (χ4n) is 5.52. The SMILES string of the molecule is CCC1(CC)CC(NCc2cc(C)nc3ccccc23)CCN1c1nccc(/C=C2\SC(=O)NC2=O)n1. The van der Waals surface area contributed by atoms with Crippen molar-refractivity contribution in [3.8, 4) is 0 Å². The molecule has 0 radical (unpaired) electrons. The molecule has 2 amide bonds. The molecule has 5 rings (SSSR count). The summed E-state index contributed by atoms with van der Waals surface area (Å²) >= 11 is 0.899. The number of aromatic nitrogens is 3. The van der Waals surface area contributed by atoms with Gasteiger partial charge >= 0.3 is 0 Å². The number of carbonyl (C=O) groups is 2. The third-order valence-electron chi connectivity index (χ3n) is 7.55. The first kappa shape index (κ1) is 25.4. The number of nitrogens with one attached hydrogen (secondary N) is 2. The number of nitrogens with zero attached hydrogens (tertiary/aromatic N) is 4. The van der Waals surface area contributed by atoms with Crippen molar-refractivity contribution in [2.24, 2.45) is 0 Å². The van der Waals surface area contributed by atoms with E-state index >= 15 is 0 Å². The number of piperidine rings is 1. The molecule has 2 saturated heterocycles. The lowest BCUT2D eigenvalue weighted by molar-refractivity contribution is -0.115. The van der Waals surface area contributed by atoms with E-state index in [-0.39, 0.29) is 16.7 Å². The maximum absolute atomic E-state index is 12.0. The normalized spacial score (nSPS) is 20.6. The van der Waals surface area contributed by atoms with Crippen LogP contribution in [0.2, 0.25) is 0 Å². The molecule has 2 N–H and O–H groups in total. The lowest BCUT2D eigenvalue weighted by Crippen LogP contribution is -2.58. The minimum atomic E-state index is -0.379. The first-order valence-corrected chi connectivity index (χ1v) is 13.7. The van der Waals surface area contributed by atoms with Gasteiger partial charge in [-0.1, -0.05) is 32.0 Å². The molecule has 0 saturated carbocycles. The van der Waals surface area contributed by atoms with E-state index in [0.29, 0.717) is 22.6 Å². The van der Waals surface area contributed by atoms with Crippen LogP contribution < -0.4 is 15.5 Å². The third-order valence-corrected chi connectivity index (χ3v) is 8.36. The second-order valence-corrected chi connectivity index (χ2v) is 10.7. The Kier molecular flexibility index (Phi) is 7.26. The Morgan fingerprint density at radius 1 is 1.19 bits per heavy atom. The quantitative estimate of drug-likeness (QED) is 0.425. The first-order chi connectivity index (χ1) is 17.9. The van der Waals surface area contributed by atoms with Gasteiger partial charge in [0.25, 0.3) is 11.1 Å². The summed E-state index contributed by atoms with van der Waals surface area (Å²) in [4.78, 5) is 40.3. The number of fused-ring (bicyclic) bond motifs is 1. The van der Waals surface area contributed by atoms with E-state index in [2.05, 4.69) is 63.6 Å². The number of hydrogen-bond acceptors (Lipinski definition) is 8. The van der Waals surface area contributed by atoms with Crippen LogP contribution >= 0.6 is 11.8 Å². The van der Waals surface area contributed by atoms with Gasteiger partial charge in [0, 0.05) is 41.9 Å². The van der Waals surface area contributed by atoms with E-state index in [1.807, 2.05) is 13.0 Å². The van der Waals surface area contributed by atoms with Gasteiger partial charge in [-0.25, -0.2) is 9.97 Å². The van der Waals surface area contributed by atoms with E-state index in [0.717, 1.165) is 61.7 Å². The number of thioether (sulfide) groups is 1. The predicted octanol–water partition coefficient (Wildman–Crippen LogP) is 4.97. The van der Waals surface area contributed by atoms with Gasteiger partial charge in [-0.05, 0) is 74.2 Å². The third kappa shape index (κ3) is 5.24. The number of anilines is 1. The van der Waals surface area contributed by atoms with Crippen LogP contribution in [-0.2, 0) is 11.3 Å². The van der Waals surface area contributed by atoms with E-state index in [1.165, 1.54) is 10.9 Å². The van der Waals surface area contributed by atoms with Crippen LogP contribution in [0.4, 0.5) is 10.7 Å². The van der Waals surface area contributed by atoms with Crippen LogP contribution in [0, 0.1) is 6.92 Å². The van der Waals surface area contributed by atoms with Gasteiger partial charge in [-0.15, -0.1) is 0 Å². The van der Waals surface area contributed by atoms with Crippen molar-refractivity contribution >= 4 is 45.8 Å². The summed E-state index contributed by atoms with van der Waals surface area (Å²) < 4.78 is 0. The number of carbonyl (C=O) groups excluding carboxylic acids is 2. The molecule has 2 aromatic heterocycles. The minimum Gasteiger partial charge on any atom is -0.335 e. The summed E-state index contributed by atoms with van der Waals surface area (Å²) in [5.41, 5.74) is 3.90. The highest BCUT2D eigenvalue weighted by Gasteiger charge is 2.41. The van der Waals surface area contributed by atoms with Crippen molar-refractivity contribution in [3.63, 3.8) is 0 Å². The highest BCUT2D eigenvalue weighted by molar-refractivity contribution is 8.18. The van der Waals surface area contributed by atoms with Crippen LogP contribution in [0.15, 0.2) is 47.5 Å². The standard InChI is InChI=1S/C28H32N6O2S/c1-4-28(5-2)16-21(30-17-19-14-18(3)31-23-9-7-6-8-22(19)23)11-13-34(28)26-29-12-10-20(32-26)15-24-25(35)33-27(36)37-24/h6-10,12,14-15,21,30H,4-5,11,13,16-17H2,1-3H3,(H,33,35,36)/b24-15-. The molecule has 1 atom stereocenters. The zero-order chi connectivity index (χ0) is 26.0. The fourth-order valence-corrected chi connectivity index (χ4v) is 6.19. The van der Waals surface area contributed by atoms with Crippen molar-refractivity contribution in [2.75, 3.05) is 11.4 Å². The summed E-state index contributed by atoms with van der Waals surface area (Å²) in [5.74, 6) is 0.290. The molecule has 1 aromatic carbocycles. The maximum Gasteiger partial charge on any atom is 0.290 e. The van der Waals surface area contributed by atoms with Gasteiger partial charge in [0.2, 0.25) is 5.95 Å². The number of rotatable bonds is 7. The van der Waals surface area contributed by atoms with Crippen molar-refractivity contribution in [2.45, 2.75) is 64.6 Å². The van der Waals surface area contributed by atoms with Crippen LogP contribution in [0.5, 0.6) is 0 Å². The summed E-state index contributed by atoms with van der Waals surface area (Å²) in [6.07, 6.45) is 7.30. The van der Waals surface area contributed by atoms with E-state index in [4.69, 9.17) is 4.98 Å². The molecule has 0 spiro atoms. The van der Waals surface area contributed by atoms with Crippen molar-refractivity contribution in [1.29, 1.82) is 0 Å². The second-order valence-electron chi connectivity index (χ2n) is 9.73. The Morgan fingerprint density at radius 3 is 2.76 bits per heavy atom. The molecule has 3 aromatic rings. The first-order valence-electron chi connectivity index (χ1n) is 12.8. The Labute approximate surface area is 221 Å². The molecule has 2 fully saturated rings. The van der Waals surface area contributed by atoms with Gasteiger partial charge < -0.3 is 10.2 Å². The van der Waals surface area contributed by atoms with E-state index < -0.39 is 0 Å². The molecule has 192 valence electrons. The lowest BCUT2D eigenvalue weighted by atomic mass is 9.79. The molecule has 2 aliphatic heterocycles. The fraction of sp³-hybridized carbons (Fsp3) is 0.393. The van der Waals surface area contributed by atoms with Crippen molar-refractivity contribution in [3.05, 3.63) is 64.5 Å². The largest absolute Gasteiger partial charge is 0.335 e. The molecule has 2 aliphatic rings. The average molecular weight is 517 g/mol. The number of para-hydroxylation sites is 1. The second kappa shape index (κ2) is 10.6. The lowest BCUT2D eigenvalue weighted by Gasteiger charge is -2.49. The summed E-state index contributed by atoms with van der Waals surface area (Å²) in [5, 5.41) is 6.97. The Morgan fingerprint density at radius 2 is 2.00 bits per heavy atom. The minimum absolute atomic E-state index is 0.0760. The highest BCUT2D eigenvalue weighted by Crippen LogP contribution is 2.37. The molecule has 4 heterocycles. The van der Waals surface area contributed by atoms with Gasteiger partial charge in [0.05, 0.1) is 16.1 Å². The smallest absolute Gasteiger partial charge is 0.290 e. The molecule has 1 unspecified atom stereocenters. The van der Waals surface area contributed by atoms with Gasteiger partial charge in [0.1, 0.15) is 0 Å². The zero-order valence-corrected chi connectivity index (χ0v) is 22.3. The molecular weight excluding hydrogens is 484 g/mol. The number of hydrogen-bond donors (Lipinski definition) is 2. The Balaban J connectivity index is 1.34. The Bertz CT molecular complexity index is 1370. The van der Waals surface area contributed by atoms with Crippen LogP contribution in [-0.4, -0.2) is 44.2 Å². The number of aryl methyl sites for hydroxylation is 1. The summed E-state index contributed by atoms with van der Waals surface area (Å²) in [6.45, 7) is 8.15. The van der Waals surface area contributed by atoms with Crippen LogP contribution in [0.3, 0.4) is 0 Å². The Hall–Kier alpha value is -3.30. The molecule has 9 heteroatoms. The van der Waals surface area contributed by atoms with Gasteiger partial charge in [0.15, 0.2) is 0 Å². The molecule has 0 aliphatic carbocycles. The highest BCUT2D eigenvalue weighted by atomic mass is 32.2. The molecule has 8 nitrogen and oxygen atoms in total. The number of imide groups is 1. The number of pyridine rings is 1. The number of benzene rings is 1. The van der Waals surface area contributed by atoms with Gasteiger partial charge in [-0.3, -0.25) is 19.9 Å². The number of amides is 2. The van der Waals surface area contributed by atoms with Crippen LogP contribution in [0.1, 0.15) is 56.5 Å². The molecule has 0 bridgehead atoms. The monoisotopic (exact) mass is 516 g/mol. The molecular formula is C28H32N6O2S. The summed E-state index contributed by atoms with van der Waals surface area (Å²) in [6, 6.07) is 12.6. The van der Waals surface area contributed by atoms with E-state index in [9.17, 15) is 9.59 Å². The van der Waals surface area contributed by atoms with Crippen molar-refractivity contribution in [1.82, 2.24) is 25.6 Å². The zero-order valence-electron chi connectivity index (χ0n) is 21.5. The van der Waals surface area contributed by atoms with Crippen molar-refractivity contribution < 1.29 is 9.59 Å². The van der Waals surface area contributed by atoms with E-state index in [1.54, 1.807) is 18.3 Å². The predicted molar refractivity (Wildman–Crippen MR) is 148 cm³/mol. The van der Waals surface area contributed by atoms with Gasteiger partial charge in [-0.2, -0.15) is 0 Å². The van der Waals surface area contributed by atoms with Crippen LogP contribution in [0.25, 0.3) is 17.0 Å². The summed E-state index contributed by atoms with van der Waals surface area (Å²) in [7, 11) is 0. The topological polar surface area (TPSA) is 100 Å². The maximum atomic E-state index is 12.0. The average Bonchev–Trinajstić information content (AvgIpc) is 3.22. The molecule has 37 heavy (non-hydrogen) atoms.